The van der Waals surface area contributed by atoms with Crippen molar-refractivity contribution in [1.29, 1.82) is 0 Å². The summed E-state index contributed by atoms with van der Waals surface area (Å²) in [5.41, 5.74) is -0.322. The maximum atomic E-state index is 13.8. The Hall–Kier alpha value is -2.44. The van der Waals surface area contributed by atoms with Crippen LogP contribution in [0.1, 0.15) is 38.7 Å². The highest BCUT2D eigenvalue weighted by Crippen LogP contribution is 2.46. The third-order valence-corrected chi connectivity index (χ3v) is 5.71. The highest BCUT2D eigenvalue weighted by atomic mass is 19.2. The first kappa shape index (κ1) is 17.0. The van der Waals surface area contributed by atoms with Crippen molar-refractivity contribution < 1.29 is 13.5 Å². The molecule has 1 saturated heterocycles. The SMILES string of the molecule is CCC12CCC(C)N1c1cc(OCc3cccc(F)c3F)nc(=O)n1C2. The molecule has 5 nitrogen and oxygen atoms in total. The Morgan fingerprint density at radius 1 is 1.38 bits per heavy atom. The molecule has 138 valence electrons. The average molecular weight is 361 g/mol. The highest BCUT2D eigenvalue weighted by Gasteiger charge is 2.49. The van der Waals surface area contributed by atoms with Gasteiger partial charge in [-0.1, -0.05) is 19.1 Å². The van der Waals surface area contributed by atoms with Crippen LogP contribution in [0.5, 0.6) is 5.88 Å². The number of rotatable bonds is 4. The topological polar surface area (TPSA) is 47.4 Å². The molecule has 2 unspecified atom stereocenters. The van der Waals surface area contributed by atoms with Crippen LogP contribution in [0.4, 0.5) is 14.6 Å². The molecule has 4 rings (SSSR count). The molecule has 2 aromatic rings. The largest absolute Gasteiger partial charge is 0.472 e. The van der Waals surface area contributed by atoms with Crippen LogP contribution in [0.2, 0.25) is 0 Å². The van der Waals surface area contributed by atoms with E-state index in [0.29, 0.717) is 12.6 Å². The minimum atomic E-state index is -0.941. The summed E-state index contributed by atoms with van der Waals surface area (Å²) >= 11 is 0. The fourth-order valence-electron chi connectivity index (χ4n) is 4.28. The smallest absolute Gasteiger partial charge is 0.352 e. The molecule has 26 heavy (non-hydrogen) atoms. The summed E-state index contributed by atoms with van der Waals surface area (Å²) in [6.45, 7) is 4.74. The summed E-state index contributed by atoms with van der Waals surface area (Å²) in [5.74, 6) is -0.933. The number of hydrogen-bond acceptors (Lipinski definition) is 4. The van der Waals surface area contributed by atoms with Crippen molar-refractivity contribution in [3.05, 3.63) is 51.9 Å². The van der Waals surface area contributed by atoms with Crippen molar-refractivity contribution in [2.24, 2.45) is 0 Å². The van der Waals surface area contributed by atoms with Gasteiger partial charge in [0.2, 0.25) is 5.88 Å². The molecular weight excluding hydrogens is 340 g/mol. The Morgan fingerprint density at radius 2 is 2.19 bits per heavy atom. The third kappa shape index (κ3) is 2.48. The number of hydrogen-bond donors (Lipinski definition) is 0. The minimum absolute atomic E-state index is 0.0411. The molecule has 0 radical (unpaired) electrons. The maximum Gasteiger partial charge on any atom is 0.352 e. The van der Waals surface area contributed by atoms with Crippen LogP contribution in [0, 0.1) is 11.6 Å². The van der Waals surface area contributed by atoms with Gasteiger partial charge in [0, 0.05) is 17.7 Å². The van der Waals surface area contributed by atoms with Crippen LogP contribution < -0.4 is 15.3 Å². The number of ether oxygens (including phenoxy) is 1. The Kier molecular flexibility index (Phi) is 3.97. The first-order valence-corrected chi connectivity index (χ1v) is 8.92. The lowest BCUT2D eigenvalue weighted by Crippen LogP contribution is -2.43. The third-order valence-electron chi connectivity index (χ3n) is 5.71. The Balaban J connectivity index is 1.64. The number of halogens is 2. The summed E-state index contributed by atoms with van der Waals surface area (Å²) in [6, 6.07) is 5.99. The van der Waals surface area contributed by atoms with Crippen molar-refractivity contribution >= 4 is 5.82 Å². The lowest BCUT2D eigenvalue weighted by molar-refractivity contribution is 0.283. The van der Waals surface area contributed by atoms with Gasteiger partial charge < -0.3 is 9.64 Å². The summed E-state index contributed by atoms with van der Waals surface area (Å²) in [4.78, 5) is 18.7. The molecule has 0 aliphatic carbocycles. The van der Waals surface area contributed by atoms with Gasteiger partial charge in [0.25, 0.3) is 0 Å². The van der Waals surface area contributed by atoms with E-state index in [1.54, 1.807) is 10.6 Å². The van der Waals surface area contributed by atoms with E-state index < -0.39 is 11.6 Å². The van der Waals surface area contributed by atoms with Gasteiger partial charge in [0.1, 0.15) is 12.4 Å². The van der Waals surface area contributed by atoms with E-state index in [9.17, 15) is 13.6 Å². The average Bonchev–Trinajstić information content (AvgIpc) is 3.12. The Bertz CT molecular complexity index is 914. The molecule has 1 fully saturated rings. The van der Waals surface area contributed by atoms with Gasteiger partial charge in [-0.05, 0) is 32.3 Å². The summed E-state index contributed by atoms with van der Waals surface area (Å²) in [7, 11) is 0. The minimum Gasteiger partial charge on any atom is -0.472 e. The predicted molar refractivity (Wildman–Crippen MR) is 93.4 cm³/mol. The maximum absolute atomic E-state index is 13.8. The van der Waals surface area contributed by atoms with Crippen LogP contribution in [-0.4, -0.2) is 21.1 Å². The molecule has 7 heteroatoms. The predicted octanol–water partition coefficient (Wildman–Crippen LogP) is 3.25. The fraction of sp³-hybridized carbons (Fsp3) is 0.474. The number of anilines is 1. The van der Waals surface area contributed by atoms with Gasteiger partial charge in [0.15, 0.2) is 11.6 Å². The second kappa shape index (κ2) is 6.07. The van der Waals surface area contributed by atoms with E-state index in [4.69, 9.17) is 4.74 Å². The van der Waals surface area contributed by atoms with Crippen molar-refractivity contribution in [2.45, 2.75) is 57.8 Å². The molecule has 2 aliphatic heterocycles. The summed E-state index contributed by atoms with van der Waals surface area (Å²) in [5, 5.41) is 0. The zero-order valence-corrected chi connectivity index (χ0v) is 14.8. The van der Waals surface area contributed by atoms with Gasteiger partial charge in [-0.2, -0.15) is 4.98 Å². The quantitative estimate of drug-likeness (QED) is 0.839. The van der Waals surface area contributed by atoms with E-state index in [0.717, 1.165) is 31.1 Å². The molecule has 0 bridgehead atoms. The van der Waals surface area contributed by atoms with Gasteiger partial charge in [-0.15, -0.1) is 0 Å². The van der Waals surface area contributed by atoms with E-state index in [-0.39, 0.29) is 29.3 Å². The Morgan fingerprint density at radius 3 is 2.96 bits per heavy atom. The molecular formula is C19H21F2N3O2. The Labute approximate surface area is 150 Å². The number of aromatic nitrogens is 2. The zero-order valence-electron chi connectivity index (χ0n) is 14.8. The molecule has 3 heterocycles. The number of benzene rings is 1. The second-order valence-electron chi connectivity index (χ2n) is 7.16. The van der Waals surface area contributed by atoms with Gasteiger partial charge in [0.05, 0.1) is 12.1 Å². The molecule has 0 saturated carbocycles. The molecule has 2 aliphatic rings. The van der Waals surface area contributed by atoms with Gasteiger partial charge >= 0.3 is 5.69 Å². The van der Waals surface area contributed by atoms with Crippen molar-refractivity contribution in [3.8, 4) is 5.88 Å². The first-order chi connectivity index (χ1) is 12.4. The summed E-state index contributed by atoms with van der Waals surface area (Å²) in [6.07, 6.45) is 3.06. The van der Waals surface area contributed by atoms with Gasteiger partial charge in [-0.25, -0.2) is 13.6 Å². The fourth-order valence-corrected chi connectivity index (χ4v) is 4.28. The highest BCUT2D eigenvalue weighted by molar-refractivity contribution is 5.52. The number of nitrogens with zero attached hydrogens (tertiary/aromatic N) is 3. The molecule has 0 N–H and O–H groups in total. The van der Waals surface area contributed by atoms with Gasteiger partial charge in [-0.3, -0.25) is 4.57 Å². The molecule has 2 atom stereocenters. The zero-order chi connectivity index (χ0) is 18.5. The molecule has 1 aromatic carbocycles. The van der Waals surface area contributed by atoms with E-state index >= 15 is 0 Å². The lowest BCUT2D eigenvalue weighted by Gasteiger charge is -2.34. The van der Waals surface area contributed by atoms with Crippen LogP contribution >= 0.6 is 0 Å². The van der Waals surface area contributed by atoms with Crippen LogP contribution in [0.25, 0.3) is 0 Å². The standard InChI is InChI=1S/C19H21F2N3O2/c1-3-19-8-7-12(2)24(19)16-9-15(22-18(25)23(16)11-19)26-10-13-5-4-6-14(20)17(13)21/h4-6,9,12H,3,7-8,10-11H2,1-2H3. The van der Waals surface area contributed by atoms with Crippen LogP contribution in [0.3, 0.4) is 0 Å². The second-order valence-corrected chi connectivity index (χ2v) is 7.16. The first-order valence-electron chi connectivity index (χ1n) is 8.92. The number of fused-ring (bicyclic) bond motifs is 3. The molecule has 1 aromatic heterocycles. The molecule has 0 amide bonds. The lowest BCUT2D eigenvalue weighted by atomic mass is 9.94. The van der Waals surface area contributed by atoms with Crippen molar-refractivity contribution in [2.75, 3.05) is 4.90 Å². The van der Waals surface area contributed by atoms with Crippen LogP contribution in [0.15, 0.2) is 29.1 Å². The summed E-state index contributed by atoms with van der Waals surface area (Å²) < 4.78 is 34.3. The van der Waals surface area contributed by atoms with E-state index in [1.807, 2.05) is 0 Å². The van der Waals surface area contributed by atoms with E-state index in [1.165, 1.54) is 12.1 Å². The van der Waals surface area contributed by atoms with Crippen molar-refractivity contribution in [1.82, 2.24) is 9.55 Å². The van der Waals surface area contributed by atoms with Crippen molar-refractivity contribution in [3.63, 3.8) is 0 Å². The van der Waals surface area contributed by atoms with E-state index in [2.05, 4.69) is 23.7 Å². The molecule has 0 spiro atoms. The normalized spacial score (nSPS) is 23.8. The van der Waals surface area contributed by atoms with Crippen LogP contribution in [-0.2, 0) is 13.2 Å². The monoisotopic (exact) mass is 361 g/mol.